The van der Waals surface area contributed by atoms with E-state index in [0.29, 0.717) is 30.5 Å². The highest BCUT2D eigenvalue weighted by Crippen LogP contribution is 2.37. The average Bonchev–Trinajstić information content (AvgIpc) is 3.50. The Morgan fingerprint density at radius 3 is 2.67 bits per heavy atom. The van der Waals surface area contributed by atoms with Crippen LogP contribution < -0.4 is 15.5 Å². The highest BCUT2D eigenvalue weighted by molar-refractivity contribution is 7.11. The van der Waals surface area contributed by atoms with Crippen LogP contribution >= 0.6 is 11.5 Å². The maximum absolute atomic E-state index is 13.1. The first kappa shape index (κ1) is 22.4. The molecule has 4 heterocycles. The number of anilines is 3. The van der Waals surface area contributed by atoms with Crippen LogP contribution in [0, 0.1) is 6.92 Å². The van der Waals surface area contributed by atoms with Crippen molar-refractivity contribution in [3.05, 3.63) is 71.4 Å². The fourth-order valence-corrected chi connectivity index (χ4v) is 5.21. The number of amides is 1. The number of para-hydroxylation sites is 1. The molecule has 36 heavy (non-hydrogen) atoms. The van der Waals surface area contributed by atoms with E-state index < -0.39 is 6.17 Å². The Balaban J connectivity index is 1.32. The smallest absolute Gasteiger partial charge is 0.317 e. The molecule has 2 aliphatic heterocycles. The van der Waals surface area contributed by atoms with Crippen molar-refractivity contribution in [1.29, 1.82) is 0 Å². The number of aryl methyl sites for hydroxylation is 1. The second kappa shape index (κ2) is 9.51. The standard InChI is InChI=1S/C25H23N7O3S/c1-15-19(24(36-31-15)32-11-13-34-14-12-32)23-29-30-25(35-23)28-21-22(33)26-18-10-6-5-9-17(18)20(27-21)16-7-3-2-4-8-16/h2-10,21H,11-14H2,1H3,(H,26,33)(H,28,30). The molecule has 1 amide bonds. The van der Waals surface area contributed by atoms with Gasteiger partial charge in [0.25, 0.3) is 11.8 Å². The van der Waals surface area contributed by atoms with E-state index in [2.05, 4.69) is 30.1 Å². The molecule has 2 N–H and O–H groups in total. The summed E-state index contributed by atoms with van der Waals surface area (Å²) in [6.45, 7) is 4.78. The van der Waals surface area contributed by atoms with Crippen molar-refractivity contribution in [3.8, 4) is 11.5 Å². The molecule has 0 spiro atoms. The van der Waals surface area contributed by atoms with Gasteiger partial charge in [0, 0.05) is 24.2 Å². The van der Waals surface area contributed by atoms with Crippen molar-refractivity contribution in [1.82, 2.24) is 14.6 Å². The molecule has 1 fully saturated rings. The zero-order chi connectivity index (χ0) is 24.5. The van der Waals surface area contributed by atoms with Crippen LogP contribution in [-0.2, 0) is 9.53 Å². The predicted molar refractivity (Wildman–Crippen MR) is 138 cm³/mol. The van der Waals surface area contributed by atoms with Gasteiger partial charge in [-0.2, -0.15) is 4.37 Å². The van der Waals surface area contributed by atoms with E-state index in [1.807, 2.05) is 61.5 Å². The van der Waals surface area contributed by atoms with Gasteiger partial charge in [-0.05, 0) is 24.5 Å². The molecule has 1 saturated heterocycles. The zero-order valence-corrected chi connectivity index (χ0v) is 20.3. The van der Waals surface area contributed by atoms with Gasteiger partial charge in [-0.15, -0.1) is 5.10 Å². The van der Waals surface area contributed by atoms with Gasteiger partial charge in [0.1, 0.15) is 5.00 Å². The van der Waals surface area contributed by atoms with Crippen LogP contribution in [0.5, 0.6) is 0 Å². The molecule has 11 heteroatoms. The van der Waals surface area contributed by atoms with Crippen LogP contribution in [0.3, 0.4) is 0 Å². The largest absolute Gasteiger partial charge is 0.403 e. The van der Waals surface area contributed by atoms with E-state index in [4.69, 9.17) is 14.1 Å². The van der Waals surface area contributed by atoms with Gasteiger partial charge in [0.2, 0.25) is 6.17 Å². The topological polar surface area (TPSA) is 118 Å². The summed E-state index contributed by atoms with van der Waals surface area (Å²) in [6.07, 6.45) is -0.971. The van der Waals surface area contributed by atoms with E-state index in [-0.39, 0.29) is 11.9 Å². The lowest BCUT2D eigenvalue weighted by Gasteiger charge is -2.27. The predicted octanol–water partition coefficient (Wildman–Crippen LogP) is 3.57. The van der Waals surface area contributed by atoms with Crippen molar-refractivity contribution >= 4 is 39.9 Å². The third kappa shape index (κ3) is 4.23. The van der Waals surface area contributed by atoms with E-state index in [0.717, 1.165) is 40.5 Å². The van der Waals surface area contributed by atoms with Gasteiger partial charge in [-0.3, -0.25) is 4.79 Å². The van der Waals surface area contributed by atoms with E-state index in [1.165, 1.54) is 11.5 Å². The summed E-state index contributed by atoms with van der Waals surface area (Å²) in [5.41, 5.74) is 4.72. The Bertz CT molecular complexity index is 1430. The molecule has 4 aromatic rings. The molecule has 182 valence electrons. The molecular formula is C25H23N7O3S. The number of aromatic nitrogens is 3. The van der Waals surface area contributed by atoms with Crippen LogP contribution in [0.15, 0.2) is 64.0 Å². The summed E-state index contributed by atoms with van der Waals surface area (Å²) in [6, 6.07) is 17.5. The summed E-state index contributed by atoms with van der Waals surface area (Å²) < 4.78 is 16.0. The van der Waals surface area contributed by atoms with Gasteiger partial charge in [-0.25, -0.2) is 4.99 Å². The normalized spacial score (nSPS) is 17.7. The summed E-state index contributed by atoms with van der Waals surface area (Å²) in [5, 5.41) is 15.4. The number of hydrogen-bond acceptors (Lipinski definition) is 10. The Kier molecular flexibility index (Phi) is 5.91. The fourth-order valence-electron chi connectivity index (χ4n) is 4.27. The molecule has 2 aromatic heterocycles. The first-order chi connectivity index (χ1) is 17.7. The number of nitrogens with zero attached hydrogens (tertiary/aromatic N) is 5. The summed E-state index contributed by atoms with van der Waals surface area (Å²) in [4.78, 5) is 20.1. The Labute approximate surface area is 211 Å². The van der Waals surface area contributed by atoms with Crippen molar-refractivity contribution in [2.24, 2.45) is 4.99 Å². The molecule has 0 saturated carbocycles. The number of benzodiazepines with no additional fused rings is 1. The lowest BCUT2D eigenvalue weighted by atomic mass is 10.0. The highest BCUT2D eigenvalue weighted by Gasteiger charge is 2.28. The molecule has 2 aromatic carbocycles. The van der Waals surface area contributed by atoms with Crippen LogP contribution in [0.25, 0.3) is 11.5 Å². The second-order valence-electron chi connectivity index (χ2n) is 8.39. The van der Waals surface area contributed by atoms with Gasteiger partial charge in [0.15, 0.2) is 0 Å². The first-order valence-corrected chi connectivity index (χ1v) is 12.4. The monoisotopic (exact) mass is 501 g/mol. The van der Waals surface area contributed by atoms with Crippen molar-refractivity contribution in [2.45, 2.75) is 13.1 Å². The third-order valence-electron chi connectivity index (χ3n) is 6.04. The van der Waals surface area contributed by atoms with Gasteiger partial charge in [-0.1, -0.05) is 53.6 Å². The lowest BCUT2D eigenvalue weighted by Crippen LogP contribution is -2.35. The SMILES string of the molecule is Cc1nsc(N2CCOCC2)c1-c1nnc(NC2N=C(c3ccccc3)c3ccccc3NC2=O)o1. The number of fused-ring (bicyclic) bond motifs is 1. The van der Waals surface area contributed by atoms with Gasteiger partial charge < -0.3 is 24.7 Å². The van der Waals surface area contributed by atoms with Crippen molar-refractivity contribution in [2.75, 3.05) is 41.8 Å². The number of nitrogens with one attached hydrogen (secondary N) is 2. The maximum atomic E-state index is 13.1. The Morgan fingerprint density at radius 1 is 1.06 bits per heavy atom. The lowest BCUT2D eigenvalue weighted by molar-refractivity contribution is -0.116. The van der Waals surface area contributed by atoms with Crippen LogP contribution in [0.1, 0.15) is 16.8 Å². The Morgan fingerprint density at radius 2 is 1.83 bits per heavy atom. The van der Waals surface area contributed by atoms with Crippen molar-refractivity contribution in [3.63, 3.8) is 0 Å². The number of carbonyl (C=O) groups is 1. The molecule has 10 nitrogen and oxygen atoms in total. The number of morpholine rings is 1. The minimum atomic E-state index is -0.971. The minimum absolute atomic E-state index is 0.103. The van der Waals surface area contributed by atoms with Crippen molar-refractivity contribution < 1.29 is 13.9 Å². The summed E-state index contributed by atoms with van der Waals surface area (Å²) in [7, 11) is 0. The first-order valence-electron chi connectivity index (χ1n) is 11.6. The zero-order valence-electron chi connectivity index (χ0n) is 19.5. The quantitative estimate of drug-likeness (QED) is 0.426. The molecule has 1 unspecified atom stereocenters. The third-order valence-corrected chi connectivity index (χ3v) is 7.04. The summed E-state index contributed by atoms with van der Waals surface area (Å²) >= 11 is 1.40. The second-order valence-corrected chi connectivity index (χ2v) is 9.14. The van der Waals surface area contributed by atoms with Gasteiger partial charge in [0.05, 0.1) is 35.9 Å². The summed E-state index contributed by atoms with van der Waals surface area (Å²) in [5.74, 6) is 0.0188. The number of aliphatic imine (C=N–C) groups is 1. The molecular weight excluding hydrogens is 478 g/mol. The maximum Gasteiger partial charge on any atom is 0.317 e. The minimum Gasteiger partial charge on any atom is -0.403 e. The average molecular weight is 502 g/mol. The van der Waals surface area contributed by atoms with Gasteiger partial charge >= 0.3 is 6.01 Å². The number of carbonyl (C=O) groups excluding carboxylic acids is 1. The molecule has 1 atom stereocenters. The number of hydrogen-bond donors (Lipinski definition) is 2. The Hall–Kier alpha value is -4.09. The fraction of sp³-hybridized carbons (Fsp3) is 0.240. The van der Waals surface area contributed by atoms with Crippen LogP contribution in [0.4, 0.5) is 16.7 Å². The molecule has 6 rings (SSSR count). The number of rotatable bonds is 5. The highest BCUT2D eigenvalue weighted by atomic mass is 32.1. The number of benzene rings is 2. The van der Waals surface area contributed by atoms with Crippen LogP contribution in [0.2, 0.25) is 0 Å². The van der Waals surface area contributed by atoms with E-state index in [1.54, 1.807) is 0 Å². The number of ether oxygens (including phenoxy) is 1. The van der Waals surface area contributed by atoms with E-state index >= 15 is 0 Å². The molecule has 0 radical (unpaired) electrons. The van der Waals surface area contributed by atoms with Crippen LogP contribution in [-0.4, -0.2) is 58.7 Å². The molecule has 0 bridgehead atoms. The molecule has 0 aliphatic carbocycles. The van der Waals surface area contributed by atoms with E-state index in [9.17, 15) is 4.79 Å². The molecule has 2 aliphatic rings.